The lowest BCUT2D eigenvalue weighted by atomic mass is 9.97. The maximum absolute atomic E-state index is 13.0. The number of carbonyl (C=O) groups is 2. The van der Waals surface area contributed by atoms with Crippen LogP contribution in [-0.4, -0.2) is 16.8 Å². The van der Waals surface area contributed by atoms with Crippen molar-refractivity contribution in [3.63, 3.8) is 0 Å². The van der Waals surface area contributed by atoms with Crippen molar-refractivity contribution >= 4 is 34.5 Å². The van der Waals surface area contributed by atoms with Crippen molar-refractivity contribution in [2.75, 3.05) is 10.2 Å². The molecule has 1 N–H and O–H groups in total. The number of aryl methyl sites for hydroxylation is 1. The molecule has 0 bridgehead atoms. The van der Waals surface area contributed by atoms with E-state index in [1.807, 2.05) is 48.7 Å². The highest BCUT2D eigenvalue weighted by Crippen LogP contribution is 2.43. The third-order valence-electron chi connectivity index (χ3n) is 4.74. The van der Waals surface area contributed by atoms with Gasteiger partial charge in [0.2, 0.25) is 11.8 Å². The Morgan fingerprint density at radius 1 is 1.19 bits per heavy atom. The van der Waals surface area contributed by atoms with E-state index in [1.54, 1.807) is 40.8 Å². The summed E-state index contributed by atoms with van der Waals surface area (Å²) < 4.78 is 0. The largest absolute Gasteiger partial charge is 0.324 e. The van der Waals surface area contributed by atoms with Crippen molar-refractivity contribution in [3.8, 4) is 0 Å². The number of benzene rings is 1. The molecule has 0 aliphatic carbocycles. The summed E-state index contributed by atoms with van der Waals surface area (Å²) in [5.41, 5.74) is 2.58. The first-order valence-electron chi connectivity index (χ1n) is 8.76. The maximum atomic E-state index is 13.0. The summed E-state index contributed by atoms with van der Waals surface area (Å²) >= 11 is 1.57. The SMILES string of the molecule is Cc1ccc(N2C(=O)C[C@@H](C(=O)Nc3cccnc3)[C@@H]2c2cccs2)cc1. The first kappa shape index (κ1) is 17.4. The number of carbonyl (C=O) groups excluding carboxylic acids is 2. The van der Waals surface area contributed by atoms with Gasteiger partial charge in [0.1, 0.15) is 0 Å². The van der Waals surface area contributed by atoms with Crippen LogP contribution in [0.25, 0.3) is 0 Å². The van der Waals surface area contributed by atoms with E-state index in [9.17, 15) is 9.59 Å². The number of nitrogens with zero attached hydrogens (tertiary/aromatic N) is 2. The fraction of sp³-hybridized carbons (Fsp3) is 0.190. The van der Waals surface area contributed by atoms with Gasteiger partial charge in [-0.3, -0.25) is 14.6 Å². The normalized spacial score (nSPS) is 19.3. The van der Waals surface area contributed by atoms with Crippen molar-refractivity contribution in [2.45, 2.75) is 19.4 Å². The summed E-state index contributed by atoms with van der Waals surface area (Å²) in [6.45, 7) is 2.01. The minimum atomic E-state index is -0.461. The van der Waals surface area contributed by atoms with Gasteiger partial charge in [-0.05, 0) is 42.6 Å². The number of rotatable bonds is 4. The Morgan fingerprint density at radius 3 is 2.67 bits per heavy atom. The lowest BCUT2D eigenvalue weighted by molar-refractivity contribution is -0.122. The Balaban J connectivity index is 1.68. The summed E-state index contributed by atoms with van der Waals surface area (Å²) in [5, 5.41) is 4.88. The highest BCUT2D eigenvalue weighted by Gasteiger charge is 2.45. The molecule has 0 spiro atoms. The van der Waals surface area contributed by atoms with Gasteiger partial charge >= 0.3 is 0 Å². The molecule has 27 heavy (non-hydrogen) atoms. The third-order valence-corrected chi connectivity index (χ3v) is 5.68. The lowest BCUT2D eigenvalue weighted by Gasteiger charge is -2.27. The van der Waals surface area contributed by atoms with Gasteiger partial charge in [0.05, 0.1) is 23.8 Å². The highest BCUT2D eigenvalue weighted by molar-refractivity contribution is 7.10. The van der Waals surface area contributed by atoms with Crippen LogP contribution in [0.3, 0.4) is 0 Å². The van der Waals surface area contributed by atoms with Crippen molar-refractivity contribution in [3.05, 3.63) is 76.7 Å². The standard InChI is InChI=1S/C21H19N3O2S/c1-14-6-8-16(9-7-14)24-19(25)12-17(20(24)18-5-3-11-27-18)21(26)23-15-4-2-10-22-13-15/h2-11,13,17,20H,12H2,1H3,(H,23,26)/t17-,20-/m1/s1. The van der Waals surface area contributed by atoms with Crippen LogP contribution >= 0.6 is 11.3 Å². The van der Waals surface area contributed by atoms with Crippen molar-refractivity contribution < 1.29 is 9.59 Å². The van der Waals surface area contributed by atoms with Crippen LogP contribution in [0.2, 0.25) is 0 Å². The molecule has 1 aromatic carbocycles. The number of amides is 2. The fourth-order valence-corrected chi connectivity index (χ4v) is 4.32. The molecule has 6 heteroatoms. The Hall–Kier alpha value is -2.99. The minimum Gasteiger partial charge on any atom is -0.324 e. The highest BCUT2D eigenvalue weighted by atomic mass is 32.1. The lowest BCUT2D eigenvalue weighted by Crippen LogP contribution is -2.32. The van der Waals surface area contributed by atoms with E-state index in [-0.39, 0.29) is 24.3 Å². The second kappa shape index (κ2) is 7.32. The molecular formula is C21H19N3O2S. The maximum Gasteiger partial charge on any atom is 0.230 e. The fourth-order valence-electron chi connectivity index (χ4n) is 3.44. The van der Waals surface area contributed by atoms with E-state index in [2.05, 4.69) is 10.3 Å². The Kier molecular flexibility index (Phi) is 4.73. The predicted octanol–water partition coefficient (Wildman–Crippen LogP) is 4.18. The molecule has 2 amide bonds. The van der Waals surface area contributed by atoms with Gasteiger partial charge in [-0.15, -0.1) is 11.3 Å². The van der Waals surface area contributed by atoms with Gasteiger partial charge in [0.15, 0.2) is 0 Å². The monoisotopic (exact) mass is 377 g/mol. The van der Waals surface area contributed by atoms with Gasteiger partial charge < -0.3 is 10.2 Å². The molecule has 0 saturated carbocycles. The minimum absolute atomic E-state index is 0.0383. The van der Waals surface area contributed by atoms with Gasteiger partial charge in [0, 0.05) is 23.2 Å². The van der Waals surface area contributed by atoms with Gasteiger partial charge in [0.25, 0.3) is 0 Å². The van der Waals surface area contributed by atoms with E-state index in [1.165, 1.54) is 0 Å². The van der Waals surface area contributed by atoms with E-state index in [4.69, 9.17) is 0 Å². The van der Waals surface area contributed by atoms with Crippen LogP contribution < -0.4 is 10.2 Å². The summed E-state index contributed by atoms with van der Waals surface area (Å²) in [4.78, 5) is 32.7. The molecule has 2 atom stereocenters. The zero-order chi connectivity index (χ0) is 18.8. The average Bonchev–Trinajstić information content (AvgIpc) is 3.31. The average molecular weight is 377 g/mol. The van der Waals surface area contributed by atoms with Gasteiger partial charge in [-0.25, -0.2) is 0 Å². The molecule has 136 valence electrons. The third kappa shape index (κ3) is 3.48. The number of thiophene rings is 1. The van der Waals surface area contributed by atoms with Gasteiger partial charge in [-0.1, -0.05) is 23.8 Å². The quantitative estimate of drug-likeness (QED) is 0.742. The molecule has 1 aliphatic heterocycles. The van der Waals surface area contributed by atoms with Crippen molar-refractivity contribution in [1.82, 2.24) is 4.98 Å². The number of hydrogen-bond donors (Lipinski definition) is 1. The first-order valence-corrected chi connectivity index (χ1v) is 9.64. The summed E-state index contributed by atoms with van der Waals surface area (Å²) in [6, 6.07) is 15.0. The molecule has 0 unspecified atom stereocenters. The molecule has 0 radical (unpaired) electrons. The topological polar surface area (TPSA) is 62.3 Å². The number of pyridine rings is 1. The smallest absolute Gasteiger partial charge is 0.230 e. The molecule has 4 rings (SSSR count). The molecule has 3 aromatic rings. The van der Waals surface area contributed by atoms with E-state index in [0.29, 0.717) is 5.69 Å². The van der Waals surface area contributed by atoms with Crippen LogP contribution in [-0.2, 0) is 9.59 Å². The van der Waals surface area contributed by atoms with Gasteiger partial charge in [-0.2, -0.15) is 0 Å². The second-order valence-corrected chi connectivity index (χ2v) is 7.58. The van der Waals surface area contributed by atoms with Crippen LogP contribution in [0.15, 0.2) is 66.3 Å². The van der Waals surface area contributed by atoms with E-state index in [0.717, 1.165) is 16.1 Å². The van der Waals surface area contributed by atoms with Crippen molar-refractivity contribution in [1.29, 1.82) is 0 Å². The summed E-state index contributed by atoms with van der Waals surface area (Å²) in [5.74, 6) is -0.661. The Bertz CT molecular complexity index is 939. The Labute approximate surface area is 161 Å². The van der Waals surface area contributed by atoms with Crippen LogP contribution in [0.1, 0.15) is 22.9 Å². The molecular weight excluding hydrogens is 358 g/mol. The summed E-state index contributed by atoms with van der Waals surface area (Å²) in [6.07, 6.45) is 3.44. The van der Waals surface area contributed by atoms with Crippen LogP contribution in [0.5, 0.6) is 0 Å². The molecule has 5 nitrogen and oxygen atoms in total. The number of nitrogens with one attached hydrogen (secondary N) is 1. The molecule has 1 aliphatic rings. The zero-order valence-corrected chi connectivity index (χ0v) is 15.6. The predicted molar refractivity (Wildman–Crippen MR) is 107 cm³/mol. The zero-order valence-electron chi connectivity index (χ0n) is 14.8. The van der Waals surface area contributed by atoms with Crippen LogP contribution in [0.4, 0.5) is 11.4 Å². The second-order valence-electron chi connectivity index (χ2n) is 6.60. The number of hydrogen-bond acceptors (Lipinski definition) is 4. The number of anilines is 2. The number of aromatic nitrogens is 1. The van der Waals surface area contributed by atoms with Crippen molar-refractivity contribution in [2.24, 2.45) is 5.92 Å². The molecule has 1 fully saturated rings. The molecule has 1 saturated heterocycles. The molecule has 3 heterocycles. The summed E-state index contributed by atoms with van der Waals surface area (Å²) in [7, 11) is 0. The van der Waals surface area contributed by atoms with E-state index < -0.39 is 5.92 Å². The molecule has 2 aromatic heterocycles. The first-order chi connectivity index (χ1) is 13.1. The Morgan fingerprint density at radius 2 is 2.00 bits per heavy atom. The van der Waals surface area contributed by atoms with Crippen LogP contribution in [0, 0.1) is 12.8 Å². The van der Waals surface area contributed by atoms with E-state index >= 15 is 0 Å².